The van der Waals surface area contributed by atoms with Crippen molar-refractivity contribution in [3.05, 3.63) is 48.3 Å². The van der Waals surface area contributed by atoms with E-state index in [0.29, 0.717) is 18.7 Å². The van der Waals surface area contributed by atoms with Crippen LogP contribution in [-0.4, -0.2) is 65.4 Å². The number of nitriles is 1. The molecule has 0 saturated carbocycles. The molecule has 7 nitrogen and oxygen atoms in total. The van der Waals surface area contributed by atoms with Gasteiger partial charge in [0, 0.05) is 45.1 Å². The molecule has 1 atom stereocenters. The lowest BCUT2D eigenvalue weighted by molar-refractivity contribution is 0.0662. The molecule has 0 amide bonds. The molecule has 3 rings (SSSR count). The van der Waals surface area contributed by atoms with Gasteiger partial charge < -0.3 is 14.7 Å². The summed E-state index contributed by atoms with van der Waals surface area (Å²) in [5.41, 5.74) is 0.959. The summed E-state index contributed by atoms with van der Waals surface area (Å²) in [4.78, 5) is 12.9. The molecule has 1 unspecified atom stereocenters. The number of anilines is 1. The minimum Gasteiger partial charge on any atom is -0.491 e. The van der Waals surface area contributed by atoms with Crippen LogP contribution in [0.25, 0.3) is 0 Å². The first-order valence-electron chi connectivity index (χ1n) is 8.75. The van der Waals surface area contributed by atoms with Crippen molar-refractivity contribution in [1.82, 2.24) is 14.9 Å². The average molecular weight is 353 g/mol. The van der Waals surface area contributed by atoms with Crippen molar-refractivity contribution < 1.29 is 9.84 Å². The van der Waals surface area contributed by atoms with E-state index in [1.54, 1.807) is 12.4 Å². The summed E-state index contributed by atoms with van der Waals surface area (Å²) in [5, 5.41) is 18.9. The van der Waals surface area contributed by atoms with Crippen molar-refractivity contribution in [2.24, 2.45) is 0 Å². The first-order valence-corrected chi connectivity index (χ1v) is 8.75. The van der Waals surface area contributed by atoms with Gasteiger partial charge in [-0.1, -0.05) is 12.1 Å². The summed E-state index contributed by atoms with van der Waals surface area (Å²) < 4.78 is 5.64. The zero-order chi connectivity index (χ0) is 18.2. The zero-order valence-corrected chi connectivity index (χ0v) is 14.7. The van der Waals surface area contributed by atoms with E-state index in [1.807, 2.05) is 30.3 Å². The Morgan fingerprint density at radius 3 is 2.46 bits per heavy atom. The molecule has 1 aliphatic heterocycles. The average Bonchev–Trinajstić information content (AvgIpc) is 2.69. The molecular formula is C19H23N5O2. The van der Waals surface area contributed by atoms with Gasteiger partial charge in [0.2, 0.25) is 5.95 Å². The lowest BCUT2D eigenvalue weighted by atomic mass is 10.2. The van der Waals surface area contributed by atoms with Crippen molar-refractivity contribution in [3.63, 3.8) is 0 Å². The Balaban J connectivity index is 1.39. The maximum absolute atomic E-state index is 10.2. The summed E-state index contributed by atoms with van der Waals surface area (Å²) in [6, 6.07) is 11.3. The van der Waals surface area contributed by atoms with Crippen LogP contribution in [0.4, 0.5) is 5.95 Å². The van der Waals surface area contributed by atoms with Crippen LogP contribution in [0, 0.1) is 11.3 Å². The number of aliphatic hydroxyl groups is 1. The fourth-order valence-corrected chi connectivity index (χ4v) is 2.92. The van der Waals surface area contributed by atoms with E-state index in [2.05, 4.69) is 25.8 Å². The predicted molar refractivity (Wildman–Crippen MR) is 97.9 cm³/mol. The number of nitrogens with zero attached hydrogens (tertiary/aromatic N) is 5. The highest BCUT2D eigenvalue weighted by Gasteiger charge is 2.20. The number of β-amino-alcohol motifs (C(OH)–C–C–N with tert-alkyl or cyclic N) is 1. The number of hydrogen-bond donors (Lipinski definition) is 1. The number of rotatable bonds is 7. The van der Waals surface area contributed by atoms with E-state index in [-0.39, 0.29) is 6.61 Å². The molecule has 0 bridgehead atoms. The lowest BCUT2D eigenvalue weighted by Gasteiger charge is -2.35. The fraction of sp³-hybridized carbons (Fsp3) is 0.421. The van der Waals surface area contributed by atoms with Gasteiger partial charge >= 0.3 is 0 Å². The monoisotopic (exact) mass is 353 g/mol. The number of piperazine rings is 1. The van der Waals surface area contributed by atoms with E-state index in [9.17, 15) is 5.11 Å². The Labute approximate surface area is 153 Å². The lowest BCUT2D eigenvalue weighted by Crippen LogP contribution is -2.49. The van der Waals surface area contributed by atoms with Crippen molar-refractivity contribution in [1.29, 1.82) is 5.26 Å². The third kappa shape index (κ3) is 5.15. The fourth-order valence-electron chi connectivity index (χ4n) is 2.92. The van der Waals surface area contributed by atoms with Gasteiger partial charge in [-0.3, -0.25) is 4.90 Å². The highest BCUT2D eigenvalue weighted by molar-refractivity contribution is 5.29. The summed E-state index contributed by atoms with van der Waals surface area (Å²) >= 11 is 0. The second-order valence-electron chi connectivity index (χ2n) is 6.28. The van der Waals surface area contributed by atoms with Crippen LogP contribution in [0.5, 0.6) is 5.75 Å². The van der Waals surface area contributed by atoms with Crippen LogP contribution in [0.2, 0.25) is 0 Å². The Bertz CT molecular complexity index is 709. The van der Waals surface area contributed by atoms with Gasteiger partial charge in [-0.15, -0.1) is 0 Å². The number of aromatic nitrogens is 2. The number of hydrogen-bond acceptors (Lipinski definition) is 7. The van der Waals surface area contributed by atoms with Crippen LogP contribution in [0.3, 0.4) is 0 Å². The van der Waals surface area contributed by atoms with E-state index in [0.717, 1.165) is 37.7 Å². The van der Waals surface area contributed by atoms with Gasteiger partial charge in [0.25, 0.3) is 0 Å². The molecule has 136 valence electrons. The molecule has 7 heteroatoms. The van der Waals surface area contributed by atoms with Crippen molar-refractivity contribution >= 4 is 5.95 Å². The quantitative estimate of drug-likeness (QED) is 0.798. The molecule has 1 saturated heterocycles. The normalized spacial score (nSPS) is 16.1. The standard InChI is InChI=1S/C19H23N5O2/c20-7-6-16-2-4-18(5-3-16)26-15-17(25)14-23-10-12-24(13-11-23)19-21-8-1-9-22-19/h1-5,8-9,17,25H,6,10-15H2. The van der Waals surface area contributed by atoms with E-state index in [1.165, 1.54) is 0 Å². The third-order valence-corrected chi connectivity index (χ3v) is 4.33. The summed E-state index contributed by atoms with van der Waals surface area (Å²) in [6.45, 7) is 4.24. The highest BCUT2D eigenvalue weighted by atomic mass is 16.5. The van der Waals surface area contributed by atoms with Gasteiger partial charge in [-0.25, -0.2) is 9.97 Å². The minimum absolute atomic E-state index is 0.250. The molecule has 0 spiro atoms. The molecule has 1 N–H and O–H groups in total. The number of aliphatic hydroxyl groups excluding tert-OH is 1. The second kappa shape index (κ2) is 9.13. The predicted octanol–water partition coefficient (Wildman–Crippen LogP) is 1.10. The molecule has 0 aliphatic carbocycles. The van der Waals surface area contributed by atoms with Gasteiger partial charge in [-0.05, 0) is 23.8 Å². The maximum atomic E-state index is 10.2. The topological polar surface area (TPSA) is 85.5 Å². The SMILES string of the molecule is N#CCc1ccc(OCC(O)CN2CCN(c3ncccn3)CC2)cc1. The summed E-state index contributed by atoms with van der Waals surface area (Å²) in [5.74, 6) is 1.47. The Morgan fingerprint density at radius 1 is 1.12 bits per heavy atom. The Kier molecular flexibility index (Phi) is 6.36. The first kappa shape index (κ1) is 18.1. The molecule has 1 aliphatic rings. The smallest absolute Gasteiger partial charge is 0.225 e. The molecular weight excluding hydrogens is 330 g/mol. The molecule has 2 aromatic rings. The van der Waals surface area contributed by atoms with Crippen LogP contribution >= 0.6 is 0 Å². The van der Waals surface area contributed by atoms with Crippen LogP contribution < -0.4 is 9.64 Å². The highest BCUT2D eigenvalue weighted by Crippen LogP contribution is 2.14. The summed E-state index contributed by atoms with van der Waals surface area (Å²) in [6.07, 6.45) is 3.35. The largest absolute Gasteiger partial charge is 0.491 e. The summed E-state index contributed by atoms with van der Waals surface area (Å²) in [7, 11) is 0. The van der Waals surface area contributed by atoms with Gasteiger partial charge in [-0.2, -0.15) is 5.26 Å². The van der Waals surface area contributed by atoms with Gasteiger partial charge in [0.05, 0.1) is 12.5 Å². The number of ether oxygens (including phenoxy) is 1. The molecule has 1 aromatic carbocycles. The Hall–Kier alpha value is -2.69. The molecule has 2 heterocycles. The third-order valence-electron chi connectivity index (χ3n) is 4.33. The van der Waals surface area contributed by atoms with Gasteiger partial charge in [0.15, 0.2) is 0 Å². The molecule has 0 radical (unpaired) electrons. The second-order valence-corrected chi connectivity index (χ2v) is 6.28. The first-order chi connectivity index (χ1) is 12.7. The van der Waals surface area contributed by atoms with E-state index in [4.69, 9.17) is 10.00 Å². The number of benzene rings is 1. The molecule has 26 heavy (non-hydrogen) atoms. The Morgan fingerprint density at radius 2 is 1.81 bits per heavy atom. The molecule has 1 aromatic heterocycles. The zero-order valence-electron chi connectivity index (χ0n) is 14.7. The van der Waals surface area contributed by atoms with Crippen LogP contribution in [0.1, 0.15) is 5.56 Å². The minimum atomic E-state index is -0.548. The van der Waals surface area contributed by atoms with E-state index < -0.39 is 6.10 Å². The molecule has 1 fully saturated rings. The maximum Gasteiger partial charge on any atom is 0.225 e. The van der Waals surface area contributed by atoms with Crippen molar-refractivity contribution in [3.8, 4) is 11.8 Å². The van der Waals surface area contributed by atoms with Crippen LogP contribution in [-0.2, 0) is 6.42 Å². The van der Waals surface area contributed by atoms with Gasteiger partial charge in [0.1, 0.15) is 18.5 Å². The van der Waals surface area contributed by atoms with Crippen molar-refractivity contribution in [2.75, 3.05) is 44.2 Å². The van der Waals surface area contributed by atoms with E-state index >= 15 is 0 Å². The van der Waals surface area contributed by atoms with Crippen LogP contribution in [0.15, 0.2) is 42.7 Å². The van der Waals surface area contributed by atoms with Crippen molar-refractivity contribution in [2.45, 2.75) is 12.5 Å².